The Balaban J connectivity index is 1.77. The minimum Gasteiger partial charge on any atom is -0.459 e. The molecular formula is C16H16ClN3O4. The van der Waals surface area contributed by atoms with Crippen LogP contribution in [-0.2, 0) is 9.59 Å². The van der Waals surface area contributed by atoms with Crippen molar-refractivity contribution in [3.05, 3.63) is 53.4 Å². The molecule has 0 radical (unpaired) electrons. The van der Waals surface area contributed by atoms with Crippen molar-refractivity contribution in [2.45, 2.75) is 0 Å². The molecule has 0 saturated carbocycles. The van der Waals surface area contributed by atoms with E-state index in [1.807, 2.05) is 0 Å². The zero-order valence-corrected chi connectivity index (χ0v) is 13.7. The number of hydrogen-bond donors (Lipinski definition) is 2. The molecule has 1 heterocycles. The van der Waals surface area contributed by atoms with Crippen molar-refractivity contribution in [3.8, 4) is 0 Å². The highest BCUT2D eigenvalue weighted by molar-refractivity contribution is 6.30. The molecule has 0 atom stereocenters. The summed E-state index contributed by atoms with van der Waals surface area (Å²) in [6.07, 6.45) is 1.37. The number of hydrogen-bond acceptors (Lipinski definition) is 4. The van der Waals surface area contributed by atoms with Gasteiger partial charge in [0, 0.05) is 17.8 Å². The summed E-state index contributed by atoms with van der Waals surface area (Å²) in [5, 5.41) is 5.64. The van der Waals surface area contributed by atoms with Gasteiger partial charge in [-0.25, -0.2) is 0 Å². The van der Waals surface area contributed by atoms with Crippen molar-refractivity contribution in [2.75, 3.05) is 25.5 Å². The molecule has 126 valence electrons. The van der Waals surface area contributed by atoms with Gasteiger partial charge in [0.1, 0.15) is 0 Å². The van der Waals surface area contributed by atoms with Crippen LogP contribution in [0.15, 0.2) is 47.1 Å². The van der Waals surface area contributed by atoms with Gasteiger partial charge in [0.2, 0.25) is 11.8 Å². The highest BCUT2D eigenvalue weighted by atomic mass is 35.5. The Morgan fingerprint density at radius 1 is 1.17 bits per heavy atom. The zero-order valence-electron chi connectivity index (χ0n) is 12.9. The van der Waals surface area contributed by atoms with Crippen molar-refractivity contribution in [2.24, 2.45) is 0 Å². The van der Waals surface area contributed by atoms with Crippen LogP contribution in [0.3, 0.4) is 0 Å². The highest BCUT2D eigenvalue weighted by Gasteiger charge is 2.15. The zero-order chi connectivity index (χ0) is 17.5. The summed E-state index contributed by atoms with van der Waals surface area (Å²) >= 11 is 5.76. The van der Waals surface area contributed by atoms with E-state index in [2.05, 4.69) is 10.6 Å². The average Bonchev–Trinajstić information content (AvgIpc) is 3.08. The average molecular weight is 350 g/mol. The maximum absolute atomic E-state index is 11.9. The van der Waals surface area contributed by atoms with Gasteiger partial charge in [0.25, 0.3) is 5.91 Å². The Kier molecular flexibility index (Phi) is 5.97. The monoisotopic (exact) mass is 349 g/mol. The summed E-state index contributed by atoms with van der Waals surface area (Å²) in [6, 6.07) is 9.68. The summed E-state index contributed by atoms with van der Waals surface area (Å²) in [7, 11) is 1.48. The van der Waals surface area contributed by atoms with Crippen LogP contribution in [0, 0.1) is 0 Å². The van der Waals surface area contributed by atoms with Crippen LogP contribution in [-0.4, -0.2) is 42.8 Å². The number of rotatable bonds is 6. The van der Waals surface area contributed by atoms with Crippen LogP contribution in [0.4, 0.5) is 5.69 Å². The molecule has 2 aromatic rings. The van der Waals surface area contributed by atoms with Crippen LogP contribution in [0.2, 0.25) is 5.02 Å². The first-order valence-electron chi connectivity index (χ1n) is 7.07. The van der Waals surface area contributed by atoms with Gasteiger partial charge in [-0.15, -0.1) is 0 Å². The molecule has 0 aliphatic rings. The predicted molar refractivity (Wildman–Crippen MR) is 88.8 cm³/mol. The molecule has 0 saturated heterocycles. The molecule has 0 unspecified atom stereocenters. The molecule has 2 rings (SSSR count). The van der Waals surface area contributed by atoms with Crippen LogP contribution in [0.25, 0.3) is 0 Å². The van der Waals surface area contributed by atoms with Gasteiger partial charge < -0.3 is 20.0 Å². The maximum atomic E-state index is 11.9. The molecule has 7 nitrogen and oxygen atoms in total. The molecular weight excluding hydrogens is 334 g/mol. The standard InChI is InChI=1S/C16H16ClN3O4/c1-20(10-14(21)19-12-6-4-11(17)5-7-12)15(22)9-18-16(23)13-3-2-8-24-13/h2-8H,9-10H2,1H3,(H,18,23)(H,19,21). The summed E-state index contributed by atoms with van der Waals surface area (Å²) in [5.74, 6) is -1.13. The van der Waals surface area contributed by atoms with Gasteiger partial charge in [0.15, 0.2) is 5.76 Å². The van der Waals surface area contributed by atoms with E-state index >= 15 is 0 Å². The Bertz CT molecular complexity index is 713. The minimum atomic E-state index is -0.493. The third-order valence-electron chi connectivity index (χ3n) is 3.08. The normalized spacial score (nSPS) is 10.1. The number of nitrogens with zero attached hydrogens (tertiary/aromatic N) is 1. The Morgan fingerprint density at radius 3 is 2.50 bits per heavy atom. The number of likely N-dealkylation sites (N-methyl/N-ethyl adjacent to an activating group) is 1. The second-order valence-corrected chi connectivity index (χ2v) is 5.40. The molecule has 1 aromatic heterocycles. The number of anilines is 1. The molecule has 2 N–H and O–H groups in total. The van der Waals surface area contributed by atoms with Crippen molar-refractivity contribution in [1.82, 2.24) is 10.2 Å². The lowest BCUT2D eigenvalue weighted by Gasteiger charge is -2.17. The lowest BCUT2D eigenvalue weighted by Crippen LogP contribution is -2.41. The molecule has 0 aliphatic carbocycles. The van der Waals surface area contributed by atoms with Gasteiger partial charge in [-0.05, 0) is 36.4 Å². The van der Waals surface area contributed by atoms with Gasteiger partial charge in [-0.3, -0.25) is 14.4 Å². The van der Waals surface area contributed by atoms with Crippen LogP contribution < -0.4 is 10.6 Å². The van der Waals surface area contributed by atoms with E-state index < -0.39 is 11.8 Å². The first kappa shape index (κ1) is 17.6. The Labute approximate surface area is 143 Å². The maximum Gasteiger partial charge on any atom is 0.287 e. The smallest absolute Gasteiger partial charge is 0.287 e. The van der Waals surface area contributed by atoms with Crippen LogP contribution in [0.5, 0.6) is 0 Å². The number of benzene rings is 1. The molecule has 1 aromatic carbocycles. The van der Waals surface area contributed by atoms with Crippen molar-refractivity contribution in [1.29, 1.82) is 0 Å². The second-order valence-electron chi connectivity index (χ2n) is 4.96. The molecule has 0 spiro atoms. The Morgan fingerprint density at radius 2 is 1.88 bits per heavy atom. The molecule has 3 amide bonds. The molecule has 8 heteroatoms. The fourth-order valence-electron chi connectivity index (χ4n) is 1.82. The lowest BCUT2D eigenvalue weighted by atomic mass is 10.3. The van der Waals surface area contributed by atoms with Gasteiger partial charge in [-0.1, -0.05) is 11.6 Å². The third kappa shape index (κ3) is 5.13. The van der Waals surface area contributed by atoms with Crippen molar-refractivity contribution < 1.29 is 18.8 Å². The number of amides is 3. The van der Waals surface area contributed by atoms with E-state index in [9.17, 15) is 14.4 Å². The number of carbonyl (C=O) groups is 3. The number of furan rings is 1. The van der Waals surface area contributed by atoms with Crippen molar-refractivity contribution >= 4 is 35.0 Å². The molecule has 0 fully saturated rings. The SMILES string of the molecule is CN(CC(=O)Nc1ccc(Cl)cc1)C(=O)CNC(=O)c1ccco1. The van der Waals surface area contributed by atoms with Gasteiger partial charge >= 0.3 is 0 Å². The van der Waals surface area contributed by atoms with E-state index in [1.54, 1.807) is 30.3 Å². The fraction of sp³-hybridized carbons (Fsp3) is 0.188. The molecule has 0 aliphatic heterocycles. The van der Waals surface area contributed by atoms with E-state index in [4.69, 9.17) is 16.0 Å². The summed E-state index contributed by atoms with van der Waals surface area (Å²) < 4.78 is 4.92. The predicted octanol–water partition coefficient (Wildman–Crippen LogP) is 1.76. The van der Waals surface area contributed by atoms with E-state index in [0.29, 0.717) is 10.7 Å². The minimum absolute atomic E-state index is 0.117. The number of nitrogens with one attached hydrogen (secondary N) is 2. The molecule has 24 heavy (non-hydrogen) atoms. The number of halogens is 1. The lowest BCUT2D eigenvalue weighted by molar-refractivity contribution is -0.132. The van der Waals surface area contributed by atoms with E-state index in [0.717, 1.165) is 0 Å². The summed E-state index contributed by atoms with van der Waals surface area (Å²) in [5.41, 5.74) is 0.580. The largest absolute Gasteiger partial charge is 0.459 e. The van der Waals surface area contributed by atoms with Gasteiger partial charge in [-0.2, -0.15) is 0 Å². The summed E-state index contributed by atoms with van der Waals surface area (Å²) in [4.78, 5) is 36.7. The topological polar surface area (TPSA) is 91.7 Å². The Hall–Kier alpha value is -2.80. The highest BCUT2D eigenvalue weighted by Crippen LogP contribution is 2.13. The van der Waals surface area contributed by atoms with Crippen LogP contribution >= 0.6 is 11.6 Å². The van der Waals surface area contributed by atoms with Gasteiger partial charge in [0.05, 0.1) is 19.4 Å². The number of carbonyl (C=O) groups excluding carboxylic acids is 3. The van der Waals surface area contributed by atoms with E-state index in [-0.39, 0.29) is 24.8 Å². The molecule has 0 bridgehead atoms. The van der Waals surface area contributed by atoms with E-state index in [1.165, 1.54) is 24.3 Å². The van der Waals surface area contributed by atoms with Crippen LogP contribution in [0.1, 0.15) is 10.6 Å². The summed E-state index contributed by atoms with van der Waals surface area (Å²) in [6.45, 7) is -0.373. The first-order valence-corrected chi connectivity index (χ1v) is 7.44. The first-order chi connectivity index (χ1) is 11.5. The fourth-order valence-corrected chi connectivity index (χ4v) is 1.95. The van der Waals surface area contributed by atoms with Crippen molar-refractivity contribution in [3.63, 3.8) is 0 Å². The quantitative estimate of drug-likeness (QED) is 0.831. The second kappa shape index (κ2) is 8.16. The third-order valence-corrected chi connectivity index (χ3v) is 3.33.